The van der Waals surface area contributed by atoms with Crippen molar-refractivity contribution in [3.63, 3.8) is 0 Å². The number of hydrogen-bond acceptors (Lipinski definition) is 2. The van der Waals surface area contributed by atoms with Crippen molar-refractivity contribution in [1.82, 2.24) is 0 Å². The molecule has 1 unspecified atom stereocenters. The van der Waals surface area contributed by atoms with Gasteiger partial charge in [0.1, 0.15) is 5.78 Å². The fraction of sp³-hybridized carbons (Fsp3) is 0.636. The Morgan fingerprint density at radius 3 is 2.62 bits per heavy atom. The predicted octanol–water partition coefficient (Wildman–Crippen LogP) is 2.04. The molecular formula is C11H14O2. The summed E-state index contributed by atoms with van der Waals surface area (Å²) in [5.74, 6) is 0.242. The van der Waals surface area contributed by atoms with E-state index < -0.39 is 5.41 Å². The first-order chi connectivity index (χ1) is 6.15. The van der Waals surface area contributed by atoms with Gasteiger partial charge in [0, 0.05) is 6.42 Å². The molecule has 0 heterocycles. The monoisotopic (exact) mass is 178 g/mol. The largest absolute Gasteiger partial charge is 0.299 e. The predicted molar refractivity (Wildman–Crippen MR) is 49.3 cm³/mol. The van der Waals surface area contributed by atoms with Gasteiger partial charge in [0.2, 0.25) is 0 Å². The molecule has 1 spiro atoms. The fourth-order valence-corrected chi connectivity index (χ4v) is 2.51. The smallest absolute Gasteiger partial charge is 0.169 e. The average Bonchev–Trinajstić information content (AvgIpc) is 2.35. The van der Waals surface area contributed by atoms with Gasteiger partial charge in [0.25, 0.3) is 0 Å². The minimum absolute atomic E-state index is 0.0645. The second-order valence-electron chi connectivity index (χ2n) is 4.24. The lowest BCUT2D eigenvalue weighted by molar-refractivity contribution is -0.139. The van der Waals surface area contributed by atoms with Crippen LogP contribution in [0.2, 0.25) is 0 Å². The first kappa shape index (κ1) is 8.67. The molecule has 2 heteroatoms. The summed E-state index contributed by atoms with van der Waals surface area (Å²) < 4.78 is 0. The number of rotatable bonds is 0. The highest BCUT2D eigenvalue weighted by Gasteiger charge is 2.47. The van der Waals surface area contributed by atoms with Crippen LogP contribution in [0.1, 0.15) is 39.0 Å². The Morgan fingerprint density at radius 1 is 1.31 bits per heavy atom. The van der Waals surface area contributed by atoms with Crippen molar-refractivity contribution in [3.05, 3.63) is 11.6 Å². The van der Waals surface area contributed by atoms with Crippen LogP contribution >= 0.6 is 0 Å². The quantitative estimate of drug-likeness (QED) is 0.532. The zero-order valence-corrected chi connectivity index (χ0v) is 7.93. The summed E-state index contributed by atoms with van der Waals surface area (Å²) in [4.78, 5) is 23.4. The van der Waals surface area contributed by atoms with Crippen molar-refractivity contribution in [1.29, 1.82) is 0 Å². The highest BCUT2D eigenvalue weighted by atomic mass is 16.2. The average molecular weight is 178 g/mol. The first-order valence-electron chi connectivity index (χ1n) is 4.90. The van der Waals surface area contributed by atoms with Crippen LogP contribution in [-0.4, -0.2) is 11.6 Å². The second kappa shape index (κ2) is 2.79. The van der Waals surface area contributed by atoms with Crippen LogP contribution in [0.15, 0.2) is 11.6 Å². The molecule has 2 nitrogen and oxygen atoms in total. The van der Waals surface area contributed by atoms with Gasteiger partial charge in [-0.15, -0.1) is 0 Å². The minimum Gasteiger partial charge on any atom is -0.299 e. The molecule has 2 rings (SSSR count). The summed E-state index contributed by atoms with van der Waals surface area (Å²) in [6, 6.07) is 0. The molecule has 1 saturated carbocycles. The van der Waals surface area contributed by atoms with Crippen molar-refractivity contribution in [2.45, 2.75) is 39.0 Å². The highest BCUT2D eigenvalue weighted by Crippen LogP contribution is 2.43. The normalized spacial score (nSPS) is 34.1. The molecule has 0 aromatic rings. The number of carbonyl (C=O) groups is 2. The van der Waals surface area contributed by atoms with Crippen molar-refractivity contribution in [2.24, 2.45) is 5.41 Å². The van der Waals surface area contributed by atoms with Crippen molar-refractivity contribution >= 4 is 11.6 Å². The van der Waals surface area contributed by atoms with E-state index in [2.05, 4.69) is 0 Å². The molecule has 70 valence electrons. The Hall–Kier alpha value is -0.920. The third kappa shape index (κ3) is 1.16. The van der Waals surface area contributed by atoms with E-state index in [1.54, 1.807) is 6.08 Å². The fourth-order valence-electron chi connectivity index (χ4n) is 2.51. The lowest BCUT2D eigenvalue weighted by Gasteiger charge is -2.30. The molecule has 13 heavy (non-hydrogen) atoms. The molecule has 1 fully saturated rings. The first-order valence-corrected chi connectivity index (χ1v) is 4.90. The van der Waals surface area contributed by atoms with Gasteiger partial charge >= 0.3 is 0 Å². The molecule has 0 bridgehead atoms. The zero-order chi connectivity index (χ0) is 9.47. The van der Waals surface area contributed by atoms with Crippen LogP contribution in [0.25, 0.3) is 0 Å². The summed E-state index contributed by atoms with van der Waals surface area (Å²) >= 11 is 0. The van der Waals surface area contributed by atoms with E-state index in [4.69, 9.17) is 0 Å². The van der Waals surface area contributed by atoms with Gasteiger partial charge in [0.15, 0.2) is 5.78 Å². The van der Waals surface area contributed by atoms with E-state index in [-0.39, 0.29) is 11.6 Å². The molecule has 0 amide bonds. The van der Waals surface area contributed by atoms with Crippen molar-refractivity contribution in [3.8, 4) is 0 Å². The Balaban J connectivity index is 2.30. The summed E-state index contributed by atoms with van der Waals surface area (Å²) in [6.45, 7) is 1.94. The summed E-state index contributed by atoms with van der Waals surface area (Å²) in [6.07, 6.45) is 5.71. The van der Waals surface area contributed by atoms with Crippen molar-refractivity contribution in [2.75, 3.05) is 0 Å². The van der Waals surface area contributed by atoms with Crippen LogP contribution in [0.3, 0.4) is 0 Å². The summed E-state index contributed by atoms with van der Waals surface area (Å²) in [5, 5.41) is 0. The van der Waals surface area contributed by atoms with Crippen LogP contribution in [0.5, 0.6) is 0 Å². The molecule has 0 aromatic carbocycles. The topological polar surface area (TPSA) is 34.1 Å². The van der Waals surface area contributed by atoms with Crippen LogP contribution in [0.4, 0.5) is 0 Å². The van der Waals surface area contributed by atoms with Gasteiger partial charge in [-0.1, -0.05) is 12.0 Å². The zero-order valence-electron chi connectivity index (χ0n) is 7.93. The maximum Gasteiger partial charge on any atom is 0.169 e. The van der Waals surface area contributed by atoms with E-state index >= 15 is 0 Å². The van der Waals surface area contributed by atoms with Crippen LogP contribution < -0.4 is 0 Å². The summed E-state index contributed by atoms with van der Waals surface area (Å²) in [7, 11) is 0. The molecular weight excluding hydrogens is 164 g/mol. The maximum absolute atomic E-state index is 11.7. The maximum atomic E-state index is 11.7. The molecule has 1 atom stereocenters. The van der Waals surface area contributed by atoms with E-state index in [1.165, 1.54) is 0 Å². The molecule has 2 aliphatic carbocycles. The van der Waals surface area contributed by atoms with Crippen molar-refractivity contribution < 1.29 is 9.59 Å². The van der Waals surface area contributed by atoms with Gasteiger partial charge in [0.05, 0.1) is 5.41 Å². The van der Waals surface area contributed by atoms with E-state index in [1.807, 2.05) is 6.92 Å². The Morgan fingerprint density at radius 2 is 2.08 bits per heavy atom. The minimum atomic E-state index is -0.609. The molecule has 0 saturated heterocycles. The molecule has 0 N–H and O–H groups in total. The molecule has 2 aliphatic rings. The molecule has 0 radical (unpaired) electrons. The number of ketones is 2. The van der Waals surface area contributed by atoms with E-state index in [0.717, 1.165) is 24.8 Å². The van der Waals surface area contributed by atoms with Crippen LogP contribution in [0, 0.1) is 5.41 Å². The Bertz CT molecular complexity index is 301. The highest BCUT2D eigenvalue weighted by molar-refractivity contribution is 6.14. The van der Waals surface area contributed by atoms with Gasteiger partial charge in [-0.05, 0) is 32.3 Å². The standard InChI is InChI=1S/C11H14O2/c1-8-6-10(13)11(7-8)5-3-2-4-9(11)12/h6H,2-5,7H2,1H3. The Labute approximate surface area is 78.0 Å². The van der Waals surface area contributed by atoms with Gasteiger partial charge in [-0.25, -0.2) is 0 Å². The molecule has 0 aromatic heterocycles. The SMILES string of the molecule is CC1=CC(=O)C2(CCCCC2=O)C1. The number of carbonyl (C=O) groups excluding carboxylic acids is 2. The number of allylic oxidation sites excluding steroid dienone is 2. The van der Waals surface area contributed by atoms with Gasteiger partial charge in [-0.3, -0.25) is 9.59 Å². The van der Waals surface area contributed by atoms with Crippen LogP contribution in [-0.2, 0) is 9.59 Å². The van der Waals surface area contributed by atoms with E-state index in [0.29, 0.717) is 12.8 Å². The third-order valence-corrected chi connectivity index (χ3v) is 3.22. The Kier molecular flexibility index (Phi) is 1.86. The summed E-state index contributed by atoms with van der Waals surface area (Å²) in [5.41, 5.74) is 0.461. The number of Topliss-reactive ketones (excluding diaryl/α,β-unsaturated/α-hetero) is 1. The second-order valence-corrected chi connectivity index (χ2v) is 4.24. The lowest BCUT2D eigenvalue weighted by Crippen LogP contribution is -2.38. The molecule has 0 aliphatic heterocycles. The van der Waals surface area contributed by atoms with Gasteiger partial charge in [-0.2, -0.15) is 0 Å². The third-order valence-electron chi connectivity index (χ3n) is 3.22. The number of hydrogen-bond donors (Lipinski definition) is 0. The van der Waals surface area contributed by atoms with E-state index in [9.17, 15) is 9.59 Å². The lowest BCUT2D eigenvalue weighted by atomic mass is 9.70. The van der Waals surface area contributed by atoms with Gasteiger partial charge < -0.3 is 0 Å².